The topological polar surface area (TPSA) is 69.6 Å². The van der Waals surface area contributed by atoms with Crippen molar-refractivity contribution in [2.75, 3.05) is 25.4 Å². The minimum Gasteiger partial charge on any atom is -0.481 e. The van der Waals surface area contributed by atoms with Crippen LogP contribution >= 0.6 is 11.8 Å². The van der Waals surface area contributed by atoms with Crippen molar-refractivity contribution in [3.63, 3.8) is 0 Å². The number of urea groups is 1. The molecule has 110 valence electrons. The molecule has 0 aromatic carbocycles. The van der Waals surface area contributed by atoms with Gasteiger partial charge >= 0.3 is 12.0 Å². The van der Waals surface area contributed by atoms with Crippen LogP contribution in [0.4, 0.5) is 4.79 Å². The lowest BCUT2D eigenvalue weighted by atomic mass is 9.88. The second kappa shape index (κ2) is 7.03. The summed E-state index contributed by atoms with van der Waals surface area (Å²) in [7, 11) is 0. The molecule has 1 rings (SSSR count). The Kier molecular flexibility index (Phi) is 5.97. The Morgan fingerprint density at radius 2 is 2.16 bits per heavy atom. The molecule has 0 spiro atoms. The molecule has 0 aliphatic carbocycles. The standard InChI is InChI=1S/C13H24N2O3S/c1-4-10-8-15(6-7-19-10)12(18)14-9-13(3,5-2)11(16)17/h10H,4-9H2,1-3H3,(H,14,18)(H,16,17). The number of amides is 2. The van der Waals surface area contributed by atoms with E-state index in [2.05, 4.69) is 12.2 Å². The van der Waals surface area contributed by atoms with Crippen molar-refractivity contribution in [3.05, 3.63) is 0 Å². The van der Waals surface area contributed by atoms with Gasteiger partial charge in [0.1, 0.15) is 0 Å². The van der Waals surface area contributed by atoms with Gasteiger partial charge in [-0.3, -0.25) is 4.79 Å². The molecule has 5 nitrogen and oxygen atoms in total. The van der Waals surface area contributed by atoms with Crippen molar-refractivity contribution in [1.29, 1.82) is 0 Å². The summed E-state index contributed by atoms with van der Waals surface area (Å²) in [6.07, 6.45) is 1.55. The van der Waals surface area contributed by atoms with Gasteiger partial charge in [0, 0.05) is 30.6 Å². The maximum Gasteiger partial charge on any atom is 0.317 e. The fourth-order valence-electron chi connectivity index (χ4n) is 1.89. The molecular weight excluding hydrogens is 264 g/mol. The third-order valence-corrected chi connectivity index (χ3v) is 5.18. The predicted molar refractivity (Wildman–Crippen MR) is 77.5 cm³/mol. The largest absolute Gasteiger partial charge is 0.481 e. The Balaban J connectivity index is 2.48. The predicted octanol–water partition coefficient (Wildman–Crippen LogP) is 2.02. The van der Waals surface area contributed by atoms with Crippen LogP contribution < -0.4 is 5.32 Å². The smallest absolute Gasteiger partial charge is 0.317 e. The minimum atomic E-state index is -0.885. The van der Waals surface area contributed by atoms with Gasteiger partial charge < -0.3 is 15.3 Å². The number of nitrogens with one attached hydrogen (secondary N) is 1. The molecule has 6 heteroatoms. The van der Waals surface area contributed by atoms with E-state index in [1.165, 1.54) is 0 Å². The lowest BCUT2D eigenvalue weighted by Gasteiger charge is -2.33. The van der Waals surface area contributed by atoms with Gasteiger partial charge in [0.15, 0.2) is 0 Å². The van der Waals surface area contributed by atoms with E-state index >= 15 is 0 Å². The number of carbonyl (C=O) groups excluding carboxylic acids is 1. The average molecular weight is 288 g/mol. The van der Waals surface area contributed by atoms with Crippen LogP contribution in [0.5, 0.6) is 0 Å². The molecule has 0 bridgehead atoms. The zero-order chi connectivity index (χ0) is 14.5. The van der Waals surface area contributed by atoms with E-state index in [1.807, 2.05) is 18.7 Å². The Morgan fingerprint density at radius 3 is 2.68 bits per heavy atom. The van der Waals surface area contributed by atoms with E-state index < -0.39 is 11.4 Å². The molecule has 1 aliphatic rings. The minimum absolute atomic E-state index is 0.139. The molecular formula is C13H24N2O3S. The molecule has 0 saturated carbocycles. The molecule has 1 aliphatic heterocycles. The van der Waals surface area contributed by atoms with Gasteiger partial charge in [0.25, 0.3) is 0 Å². The molecule has 2 atom stereocenters. The summed E-state index contributed by atoms with van der Waals surface area (Å²) >= 11 is 1.90. The third kappa shape index (κ3) is 4.30. The lowest BCUT2D eigenvalue weighted by molar-refractivity contribution is -0.147. The Hall–Kier alpha value is -0.910. The first-order valence-corrected chi connectivity index (χ1v) is 7.85. The van der Waals surface area contributed by atoms with Crippen LogP contribution in [-0.4, -0.2) is 52.6 Å². The van der Waals surface area contributed by atoms with Gasteiger partial charge in [0.05, 0.1) is 5.41 Å². The maximum atomic E-state index is 12.1. The van der Waals surface area contributed by atoms with Crippen molar-refractivity contribution in [1.82, 2.24) is 10.2 Å². The fraction of sp³-hybridized carbons (Fsp3) is 0.846. The molecule has 19 heavy (non-hydrogen) atoms. The Labute approximate surface area is 119 Å². The SMILES string of the molecule is CCC1CN(C(=O)NCC(C)(CC)C(=O)O)CCS1. The highest BCUT2D eigenvalue weighted by Crippen LogP contribution is 2.22. The van der Waals surface area contributed by atoms with Crippen LogP contribution in [0.15, 0.2) is 0 Å². The molecule has 1 saturated heterocycles. The molecule has 2 unspecified atom stereocenters. The second-order valence-corrected chi connectivity index (χ2v) is 6.63. The highest BCUT2D eigenvalue weighted by Gasteiger charge is 2.32. The first kappa shape index (κ1) is 16.1. The number of hydrogen-bond acceptors (Lipinski definition) is 3. The molecule has 1 heterocycles. The summed E-state index contributed by atoms with van der Waals surface area (Å²) in [5.74, 6) is 0.0894. The van der Waals surface area contributed by atoms with Gasteiger partial charge in [-0.2, -0.15) is 11.8 Å². The number of hydrogen-bond donors (Lipinski definition) is 2. The number of aliphatic carboxylic acids is 1. The first-order valence-electron chi connectivity index (χ1n) is 6.80. The van der Waals surface area contributed by atoms with E-state index in [1.54, 1.807) is 11.8 Å². The highest BCUT2D eigenvalue weighted by atomic mass is 32.2. The summed E-state index contributed by atoms with van der Waals surface area (Å²) in [5.41, 5.74) is -0.885. The zero-order valence-corrected chi connectivity index (χ0v) is 12.8. The maximum absolute atomic E-state index is 12.1. The second-order valence-electron chi connectivity index (χ2n) is 5.23. The third-order valence-electron chi connectivity index (χ3n) is 3.81. The summed E-state index contributed by atoms with van der Waals surface area (Å²) in [6, 6.07) is -0.139. The van der Waals surface area contributed by atoms with Crippen molar-refractivity contribution < 1.29 is 14.7 Å². The van der Waals surface area contributed by atoms with Crippen molar-refractivity contribution in [2.45, 2.75) is 38.9 Å². The normalized spacial score (nSPS) is 22.7. The van der Waals surface area contributed by atoms with Crippen molar-refractivity contribution in [2.24, 2.45) is 5.41 Å². The van der Waals surface area contributed by atoms with E-state index in [4.69, 9.17) is 5.11 Å². The fourth-order valence-corrected chi connectivity index (χ4v) is 3.07. The van der Waals surface area contributed by atoms with Gasteiger partial charge in [-0.1, -0.05) is 13.8 Å². The van der Waals surface area contributed by atoms with E-state index in [0.29, 0.717) is 11.7 Å². The number of carboxylic acids is 1. The summed E-state index contributed by atoms with van der Waals surface area (Å²) in [5, 5.41) is 12.4. The van der Waals surface area contributed by atoms with E-state index in [9.17, 15) is 9.59 Å². The summed E-state index contributed by atoms with van der Waals surface area (Å²) in [4.78, 5) is 25.0. The molecule has 2 N–H and O–H groups in total. The van der Waals surface area contributed by atoms with Gasteiger partial charge in [0.2, 0.25) is 0 Å². The van der Waals surface area contributed by atoms with Crippen molar-refractivity contribution in [3.8, 4) is 0 Å². The van der Waals surface area contributed by atoms with Gasteiger partial charge in [-0.25, -0.2) is 4.79 Å². The molecule has 0 radical (unpaired) electrons. The Bertz CT molecular complexity index is 338. The number of thioether (sulfide) groups is 1. The van der Waals surface area contributed by atoms with Crippen LogP contribution in [0.3, 0.4) is 0 Å². The number of carbonyl (C=O) groups is 2. The number of nitrogens with zero attached hydrogens (tertiary/aromatic N) is 1. The van der Waals surface area contributed by atoms with Gasteiger partial charge in [-0.05, 0) is 19.8 Å². The van der Waals surface area contributed by atoms with E-state index in [-0.39, 0.29) is 12.6 Å². The van der Waals surface area contributed by atoms with Crippen LogP contribution in [0.2, 0.25) is 0 Å². The van der Waals surface area contributed by atoms with Gasteiger partial charge in [-0.15, -0.1) is 0 Å². The average Bonchev–Trinajstić information content (AvgIpc) is 2.44. The molecule has 0 aromatic rings. The number of carboxylic acid groups (broad SMARTS) is 1. The van der Waals surface area contributed by atoms with Crippen molar-refractivity contribution >= 4 is 23.8 Å². The van der Waals surface area contributed by atoms with Crippen LogP contribution in [-0.2, 0) is 4.79 Å². The van der Waals surface area contributed by atoms with Crippen LogP contribution in [0.25, 0.3) is 0 Å². The summed E-state index contributed by atoms with van der Waals surface area (Å²) < 4.78 is 0. The molecule has 2 amide bonds. The monoisotopic (exact) mass is 288 g/mol. The Morgan fingerprint density at radius 1 is 1.47 bits per heavy atom. The summed E-state index contributed by atoms with van der Waals surface area (Å²) in [6.45, 7) is 7.28. The molecule has 1 fully saturated rings. The molecule has 0 aromatic heterocycles. The highest BCUT2D eigenvalue weighted by molar-refractivity contribution is 8.00. The number of rotatable bonds is 5. The van der Waals surface area contributed by atoms with Crippen LogP contribution in [0.1, 0.15) is 33.6 Å². The quantitative estimate of drug-likeness (QED) is 0.812. The van der Waals surface area contributed by atoms with E-state index in [0.717, 1.165) is 25.3 Å². The van der Waals surface area contributed by atoms with Crippen LogP contribution in [0, 0.1) is 5.41 Å². The first-order chi connectivity index (χ1) is 8.92. The zero-order valence-electron chi connectivity index (χ0n) is 11.9. The lowest BCUT2D eigenvalue weighted by Crippen LogP contribution is -2.50.